The predicted octanol–water partition coefficient (Wildman–Crippen LogP) is -0.245. The van der Waals surface area contributed by atoms with Gasteiger partial charge in [0.05, 0.1) is 24.3 Å². The number of hydrogen-bond donors (Lipinski definition) is 1. The predicted molar refractivity (Wildman–Crippen MR) is 69.3 cm³/mol. The number of ether oxygens (including phenoxy) is 1. The van der Waals surface area contributed by atoms with Crippen molar-refractivity contribution >= 4 is 5.91 Å². The topological polar surface area (TPSA) is 59.4 Å². The Morgan fingerprint density at radius 3 is 3.11 bits per heavy atom. The summed E-state index contributed by atoms with van der Waals surface area (Å²) in [6.45, 7) is 2.60. The third kappa shape index (κ3) is 2.50. The molecule has 0 saturated carbocycles. The van der Waals surface area contributed by atoms with Gasteiger partial charge in [-0.25, -0.2) is 0 Å². The number of likely N-dealkylation sites (tertiary alicyclic amines) is 1. The summed E-state index contributed by atoms with van der Waals surface area (Å²) in [4.78, 5) is 14.2. The minimum Gasteiger partial charge on any atom is -0.371 e. The van der Waals surface area contributed by atoms with Gasteiger partial charge in [0.25, 0.3) is 0 Å². The van der Waals surface area contributed by atoms with Crippen molar-refractivity contribution in [3.05, 3.63) is 18.0 Å². The highest BCUT2D eigenvalue weighted by Crippen LogP contribution is 2.32. The Morgan fingerprint density at radius 2 is 2.42 bits per heavy atom. The Hall–Kier alpha value is -1.40. The molecule has 2 saturated heterocycles. The normalized spacial score (nSPS) is 30.5. The second kappa shape index (κ2) is 4.94. The molecular weight excluding hydrogens is 244 g/mol. The van der Waals surface area contributed by atoms with E-state index >= 15 is 0 Å². The first-order valence-corrected chi connectivity index (χ1v) is 6.72. The van der Waals surface area contributed by atoms with Crippen LogP contribution in [0.3, 0.4) is 0 Å². The van der Waals surface area contributed by atoms with E-state index in [-0.39, 0.29) is 24.0 Å². The lowest BCUT2D eigenvalue weighted by atomic mass is 10.00. The summed E-state index contributed by atoms with van der Waals surface area (Å²) in [5.41, 5.74) is 1.21. The Labute approximate surface area is 112 Å². The van der Waals surface area contributed by atoms with Gasteiger partial charge >= 0.3 is 0 Å². The molecule has 6 nitrogen and oxygen atoms in total. The molecule has 3 rings (SSSR count). The molecule has 1 N–H and O–H groups in total. The van der Waals surface area contributed by atoms with Gasteiger partial charge in [0.1, 0.15) is 0 Å². The first-order valence-electron chi connectivity index (χ1n) is 6.72. The van der Waals surface area contributed by atoms with Crippen LogP contribution in [0, 0.1) is 5.92 Å². The number of carbonyl (C=O) groups excluding carboxylic acids is 1. The number of nitrogens with zero attached hydrogens (tertiary/aromatic N) is 3. The van der Waals surface area contributed by atoms with Crippen molar-refractivity contribution in [2.45, 2.75) is 25.2 Å². The smallest absolute Gasteiger partial charge is 0.225 e. The first kappa shape index (κ1) is 12.6. The van der Waals surface area contributed by atoms with E-state index in [0.717, 1.165) is 26.1 Å². The number of hydrogen-bond acceptors (Lipinski definition) is 4. The standard InChI is InChI=1S/C13H20N4O2/c1-14-13(18)11-3-10-7-17(8-12(11)19-10)6-9-4-15-16(2)5-9/h4-5,10-12H,3,6-8H2,1-2H3,(H,14,18)/t10-,11+,12+/m0/s1. The summed E-state index contributed by atoms with van der Waals surface area (Å²) in [5, 5.41) is 6.92. The van der Waals surface area contributed by atoms with Crippen LogP contribution in [0.5, 0.6) is 0 Å². The molecular formula is C13H20N4O2. The molecule has 3 heterocycles. The van der Waals surface area contributed by atoms with Gasteiger partial charge in [-0.2, -0.15) is 5.10 Å². The lowest BCUT2D eigenvalue weighted by Crippen LogP contribution is -2.44. The molecule has 2 aliphatic rings. The van der Waals surface area contributed by atoms with E-state index in [9.17, 15) is 4.79 Å². The highest BCUT2D eigenvalue weighted by atomic mass is 16.5. The van der Waals surface area contributed by atoms with Gasteiger partial charge in [0, 0.05) is 45.5 Å². The van der Waals surface area contributed by atoms with Crippen LogP contribution in [-0.2, 0) is 23.1 Å². The van der Waals surface area contributed by atoms with Crippen molar-refractivity contribution in [2.75, 3.05) is 20.1 Å². The van der Waals surface area contributed by atoms with Gasteiger partial charge in [-0.1, -0.05) is 0 Å². The summed E-state index contributed by atoms with van der Waals surface area (Å²) in [6, 6.07) is 0. The summed E-state index contributed by atoms with van der Waals surface area (Å²) >= 11 is 0. The lowest BCUT2D eigenvalue weighted by molar-refractivity contribution is -0.127. The van der Waals surface area contributed by atoms with Crippen molar-refractivity contribution < 1.29 is 9.53 Å². The molecule has 0 aliphatic carbocycles. The van der Waals surface area contributed by atoms with E-state index in [4.69, 9.17) is 4.74 Å². The van der Waals surface area contributed by atoms with Gasteiger partial charge < -0.3 is 10.1 Å². The monoisotopic (exact) mass is 264 g/mol. The minimum atomic E-state index is 0.00824. The fourth-order valence-corrected chi connectivity index (χ4v) is 3.14. The zero-order valence-corrected chi connectivity index (χ0v) is 11.4. The van der Waals surface area contributed by atoms with Gasteiger partial charge in [-0.3, -0.25) is 14.4 Å². The Balaban J connectivity index is 1.64. The Bertz CT molecular complexity index is 473. The SMILES string of the molecule is CNC(=O)[C@@H]1C[C@H]2CN(Cc3cnn(C)c3)C[C@H]1O2. The molecule has 1 aromatic rings. The molecule has 1 amide bonds. The highest BCUT2D eigenvalue weighted by molar-refractivity contribution is 5.79. The van der Waals surface area contributed by atoms with Crippen LogP contribution in [-0.4, -0.2) is 52.9 Å². The number of aromatic nitrogens is 2. The van der Waals surface area contributed by atoms with Crippen LogP contribution in [0.1, 0.15) is 12.0 Å². The van der Waals surface area contributed by atoms with Crippen molar-refractivity contribution in [1.82, 2.24) is 20.0 Å². The molecule has 6 heteroatoms. The molecule has 104 valence electrons. The fraction of sp³-hybridized carbons (Fsp3) is 0.692. The second-order valence-corrected chi connectivity index (χ2v) is 5.47. The Morgan fingerprint density at radius 1 is 1.58 bits per heavy atom. The van der Waals surface area contributed by atoms with E-state index in [1.54, 1.807) is 7.05 Å². The molecule has 19 heavy (non-hydrogen) atoms. The molecule has 1 aromatic heterocycles. The molecule has 3 atom stereocenters. The van der Waals surface area contributed by atoms with Gasteiger partial charge in [-0.05, 0) is 6.42 Å². The molecule has 2 fully saturated rings. The quantitative estimate of drug-likeness (QED) is 0.818. The number of rotatable bonds is 3. The lowest BCUT2D eigenvalue weighted by Gasteiger charge is -2.32. The van der Waals surface area contributed by atoms with E-state index in [0.29, 0.717) is 0 Å². The van der Waals surface area contributed by atoms with Crippen LogP contribution in [0.4, 0.5) is 0 Å². The van der Waals surface area contributed by atoms with Crippen molar-refractivity contribution in [1.29, 1.82) is 0 Å². The number of nitrogens with one attached hydrogen (secondary N) is 1. The number of aryl methyl sites for hydroxylation is 1. The molecule has 0 radical (unpaired) electrons. The van der Waals surface area contributed by atoms with Gasteiger partial charge in [0.15, 0.2) is 0 Å². The van der Waals surface area contributed by atoms with Crippen LogP contribution < -0.4 is 5.32 Å². The van der Waals surface area contributed by atoms with E-state index < -0.39 is 0 Å². The molecule has 0 unspecified atom stereocenters. The average molecular weight is 264 g/mol. The van der Waals surface area contributed by atoms with E-state index in [1.165, 1.54) is 5.56 Å². The average Bonchev–Trinajstić information content (AvgIpc) is 2.92. The zero-order chi connectivity index (χ0) is 13.4. The van der Waals surface area contributed by atoms with Crippen molar-refractivity contribution in [2.24, 2.45) is 13.0 Å². The van der Waals surface area contributed by atoms with Crippen molar-refractivity contribution in [3.8, 4) is 0 Å². The van der Waals surface area contributed by atoms with E-state index in [1.807, 2.05) is 24.1 Å². The highest BCUT2D eigenvalue weighted by Gasteiger charge is 2.44. The van der Waals surface area contributed by atoms with Crippen LogP contribution in [0.25, 0.3) is 0 Å². The minimum absolute atomic E-state index is 0.00824. The molecule has 2 bridgehead atoms. The summed E-state index contributed by atoms with van der Waals surface area (Å²) in [5.74, 6) is 0.115. The molecule has 2 aliphatic heterocycles. The second-order valence-electron chi connectivity index (χ2n) is 5.47. The molecule has 0 spiro atoms. The number of amides is 1. The summed E-state index contributed by atoms with van der Waals surface area (Å²) < 4.78 is 7.70. The number of morpholine rings is 1. The molecule has 0 aromatic carbocycles. The third-order valence-electron chi connectivity index (χ3n) is 3.98. The third-order valence-corrected chi connectivity index (χ3v) is 3.98. The maximum Gasteiger partial charge on any atom is 0.225 e. The number of fused-ring (bicyclic) bond motifs is 2. The van der Waals surface area contributed by atoms with Crippen LogP contribution >= 0.6 is 0 Å². The van der Waals surface area contributed by atoms with Gasteiger partial charge in [-0.15, -0.1) is 0 Å². The van der Waals surface area contributed by atoms with Crippen LogP contribution in [0.2, 0.25) is 0 Å². The van der Waals surface area contributed by atoms with Crippen molar-refractivity contribution in [3.63, 3.8) is 0 Å². The summed E-state index contributed by atoms with van der Waals surface area (Å²) in [6.07, 6.45) is 5.00. The maximum atomic E-state index is 11.8. The first-order chi connectivity index (χ1) is 9.15. The van der Waals surface area contributed by atoms with Crippen LogP contribution in [0.15, 0.2) is 12.4 Å². The Kier molecular flexibility index (Phi) is 3.28. The van der Waals surface area contributed by atoms with Gasteiger partial charge in [0.2, 0.25) is 5.91 Å². The fourth-order valence-electron chi connectivity index (χ4n) is 3.14. The largest absolute Gasteiger partial charge is 0.371 e. The zero-order valence-electron chi connectivity index (χ0n) is 11.4. The maximum absolute atomic E-state index is 11.8. The van der Waals surface area contributed by atoms with E-state index in [2.05, 4.69) is 15.3 Å². The number of carbonyl (C=O) groups is 1. The summed E-state index contributed by atoms with van der Waals surface area (Å²) in [7, 11) is 3.62.